The first-order valence-electron chi connectivity index (χ1n) is 10.4. The Bertz CT molecular complexity index is 1060. The normalized spacial score (nSPS) is 17.3. The number of thiophene rings is 1. The lowest BCUT2D eigenvalue weighted by Crippen LogP contribution is -2.51. The van der Waals surface area contributed by atoms with Gasteiger partial charge in [-0.15, -0.1) is 11.3 Å². The number of hydrogen-bond acceptors (Lipinski definition) is 7. The second kappa shape index (κ2) is 8.06. The van der Waals surface area contributed by atoms with Gasteiger partial charge in [0.25, 0.3) is 0 Å². The van der Waals surface area contributed by atoms with Crippen LogP contribution in [0.15, 0.2) is 36.5 Å². The second-order valence-corrected chi connectivity index (χ2v) is 8.91. The van der Waals surface area contributed by atoms with Gasteiger partial charge in [0, 0.05) is 31.7 Å². The maximum atomic E-state index is 11.6. The van der Waals surface area contributed by atoms with Crippen LogP contribution in [0.3, 0.4) is 0 Å². The quantitative estimate of drug-likeness (QED) is 0.562. The van der Waals surface area contributed by atoms with E-state index in [4.69, 9.17) is 4.98 Å². The third kappa shape index (κ3) is 3.77. The molecular formula is C21H25N7OS. The van der Waals surface area contributed by atoms with Crippen molar-refractivity contribution >= 4 is 44.9 Å². The highest BCUT2D eigenvalue weighted by molar-refractivity contribution is 7.17. The molecule has 9 heteroatoms. The van der Waals surface area contributed by atoms with E-state index in [2.05, 4.69) is 32.0 Å². The molecule has 3 aromatic rings. The summed E-state index contributed by atoms with van der Waals surface area (Å²) >= 11 is 1.63. The summed E-state index contributed by atoms with van der Waals surface area (Å²) in [5.41, 5.74) is 1.82. The monoisotopic (exact) mass is 423 g/mol. The molecule has 8 nitrogen and oxygen atoms in total. The van der Waals surface area contributed by atoms with Crippen molar-refractivity contribution in [3.63, 3.8) is 0 Å². The van der Waals surface area contributed by atoms with E-state index in [9.17, 15) is 4.79 Å². The van der Waals surface area contributed by atoms with Crippen LogP contribution in [0.1, 0.15) is 31.7 Å². The smallest absolute Gasteiger partial charge is 0.245 e. The zero-order chi connectivity index (χ0) is 20.5. The molecule has 1 saturated heterocycles. The molecule has 0 unspecified atom stereocenters. The fraction of sp³-hybridized carbons (Fsp3) is 0.429. The fourth-order valence-corrected chi connectivity index (χ4v) is 4.99. The van der Waals surface area contributed by atoms with Crippen LogP contribution in [-0.4, -0.2) is 50.2 Å². The summed E-state index contributed by atoms with van der Waals surface area (Å²) in [6.07, 6.45) is 10.2. The molecule has 0 aromatic carbocycles. The number of aromatic nitrogens is 4. The van der Waals surface area contributed by atoms with Crippen molar-refractivity contribution in [1.29, 1.82) is 0 Å². The molecule has 3 aromatic heterocycles. The van der Waals surface area contributed by atoms with E-state index in [0.717, 1.165) is 41.4 Å². The van der Waals surface area contributed by atoms with Crippen LogP contribution in [0.2, 0.25) is 0 Å². The molecule has 156 valence electrons. The lowest BCUT2D eigenvalue weighted by atomic mass is 10.00. The van der Waals surface area contributed by atoms with E-state index in [-0.39, 0.29) is 5.91 Å². The number of carbonyl (C=O) groups excluding carboxylic acids is 1. The third-order valence-corrected chi connectivity index (χ3v) is 6.77. The molecular weight excluding hydrogens is 398 g/mol. The summed E-state index contributed by atoms with van der Waals surface area (Å²) < 4.78 is 3.10. The number of nitrogens with one attached hydrogen (secondary N) is 2. The summed E-state index contributed by atoms with van der Waals surface area (Å²) in [5, 5.41) is 13.3. The summed E-state index contributed by atoms with van der Waals surface area (Å²) in [4.78, 5) is 22.8. The van der Waals surface area contributed by atoms with Crippen molar-refractivity contribution in [1.82, 2.24) is 24.6 Å². The SMILES string of the molecule is C=CC(=O)N1CC(CNc2nc(Nc3cnn(C4CCCC4)c3)nc3ccsc23)C1. The molecule has 1 aliphatic heterocycles. The van der Waals surface area contributed by atoms with Gasteiger partial charge in [-0.05, 0) is 30.4 Å². The van der Waals surface area contributed by atoms with Gasteiger partial charge in [-0.25, -0.2) is 4.98 Å². The van der Waals surface area contributed by atoms with Crippen LogP contribution in [0.5, 0.6) is 0 Å². The number of anilines is 3. The molecule has 1 saturated carbocycles. The first kappa shape index (κ1) is 19.0. The number of carbonyl (C=O) groups is 1. The van der Waals surface area contributed by atoms with Crippen LogP contribution in [0, 0.1) is 5.92 Å². The van der Waals surface area contributed by atoms with Crippen LogP contribution in [0.4, 0.5) is 17.5 Å². The Balaban J connectivity index is 1.27. The van der Waals surface area contributed by atoms with E-state index in [1.54, 1.807) is 16.2 Å². The highest BCUT2D eigenvalue weighted by Gasteiger charge is 2.29. The molecule has 2 fully saturated rings. The Kier molecular flexibility index (Phi) is 5.12. The minimum absolute atomic E-state index is 0.00132. The van der Waals surface area contributed by atoms with Gasteiger partial charge in [0.2, 0.25) is 11.9 Å². The maximum Gasteiger partial charge on any atom is 0.245 e. The highest BCUT2D eigenvalue weighted by Crippen LogP contribution is 2.31. The van der Waals surface area contributed by atoms with Crippen LogP contribution < -0.4 is 10.6 Å². The predicted octanol–water partition coefficient (Wildman–Crippen LogP) is 3.80. The molecule has 1 aliphatic carbocycles. The van der Waals surface area contributed by atoms with Crippen LogP contribution >= 0.6 is 11.3 Å². The molecule has 4 heterocycles. The second-order valence-electron chi connectivity index (χ2n) is 8.00. The van der Waals surface area contributed by atoms with Gasteiger partial charge >= 0.3 is 0 Å². The number of nitrogens with zero attached hydrogens (tertiary/aromatic N) is 5. The summed E-state index contributed by atoms with van der Waals surface area (Å²) in [6, 6.07) is 2.52. The number of rotatable bonds is 7. The molecule has 1 amide bonds. The fourth-order valence-electron chi connectivity index (χ4n) is 4.19. The number of hydrogen-bond donors (Lipinski definition) is 2. The Morgan fingerprint density at radius 3 is 2.93 bits per heavy atom. The van der Waals surface area contributed by atoms with Crippen molar-refractivity contribution in [3.8, 4) is 0 Å². The zero-order valence-corrected chi connectivity index (χ0v) is 17.6. The predicted molar refractivity (Wildman–Crippen MR) is 119 cm³/mol. The van der Waals surface area contributed by atoms with Gasteiger partial charge in [-0.1, -0.05) is 19.4 Å². The first-order valence-corrected chi connectivity index (χ1v) is 11.3. The Hall–Kier alpha value is -2.94. The lowest BCUT2D eigenvalue weighted by Gasteiger charge is -2.38. The highest BCUT2D eigenvalue weighted by atomic mass is 32.1. The number of likely N-dealkylation sites (tertiary alicyclic amines) is 1. The van der Waals surface area contributed by atoms with Crippen molar-refractivity contribution < 1.29 is 4.79 Å². The van der Waals surface area contributed by atoms with Gasteiger partial charge in [0.15, 0.2) is 0 Å². The molecule has 2 N–H and O–H groups in total. The molecule has 5 rings (SSSR count). The van der Waals surface area contributed by atoms with E-state index in [0.29, 0.717) is 17.9 Å². The average Bonchev–Trinajstić information content (AvgIpc) is 3.47. The van der Waals surface area contributed by atoms with E-state index < -0.39 is 0 Å². The lowest BCUT2D eigenvalue weighted by molar-refractivity contribution is -0.131. The zero-order valence-electron chi connectivity index (χ0n) is 16.8. The minimum atomic E-state index is -0.00132. The number of fused-ring (bicyclic) bond motifs is 1. The molecule has 2 aliphatic rings. The maximum absolute atomic E-state index is 11.6. The Morgan fingerprint density at radius 1 is 1.30 bits per heavy atom. The Labute approximate surface area is 179 Å². The topological polar surface area (TPSA) is 88.0 Å². The van der Waals surface area contributed by atoms with Gasteiger partial charge in [0.1, 0.15) is 5.82 Å². The van der Waals surface area contributed by atoms with Gasteiger partial charge in [-0.2, -0.15) is 10.1 Å². The van der Waals surface area contributed by atoms with Crippen molar-refractivity contribution in [3.05, 3.63) is 36.5 Å². The van der Waals surface area contributed by atoms with Crippen LogP contribution in [0.25, 0.3) is 10.2 Å². The standard InChI is InChI=1S/C21H25N7OS/c1-2-18(29)27-11-14(12-27)9-22-20-19-17(7-8-30-19)25-21(26-20)24-15-10-23-28(13-15)16-5-3-4-6-16/h2,7-8,10,13-14,16H,1,3-6,9,11-12H2,(H2,22,24,25,26). The van der Waals surface area contributed by atoms with E-state index in [1.807, 2.05) is 23.8 Å². The average molecular weight is 424 g/mol. The molecule has 0 spiro atoms. The van der Waals surface area contributed by atoms with Gasteiger partial charge < -0.3 is 15.5 Å². The summed E-state index contributed by atoms with van der Waals surface area (Å²) in [5.74, 6) is 1.80. The largest absolute Gasteiger partial charge is 0.368 e. The molecule has 0 radical (unpaired) electrons. The first-order chi connectivity index (χ1) is 14.7. The van der Waals surface area contributed by atoms with Crippen molar-refractivity contribution in [2.24, 2.45) is 5.92 Å². The van der Waals surface area contributed by atoms with Gasteiger partial charge in [0.05, 0.1) is 28.1 Å². The van der Waals surface area contributed by atoms with E-state index >= 15 is 0 Å². The summed E-state index contributed by atoms with van der Waals surface area (Å²) in [6.45, 7) is 5.81. The summed E-state index contributed by atoms with van der Waals surface area (Å²) in [7, 11) is 0. The van der Waals surface area contributed by atoms with Crippen LogP contribution in [-0.2, 0) is 4.79 Å². The minimum Gasteiger partial charge on any atom is -0.368 e. The van der Waals surface area contributed by atoms with Crippen molar-refractivity contribution in [2.75, 3.05) is 30.3 Å². The molecule has 30 heavy (non-hydrogen) atoms. The van der Waals surface area contributed by atoms with Crippen molar-refractivity contribution in [2.45, 2.75) is 31.7 Å². The Morgan fingerprint density at radius 2 is 2.13 bits per heavy atom. The van der Waals surface area contributed by atoms with E-state index in [1.165, 1.54) is 31.8 Å². The molecule has 0 bridgehead atoms. The molecule has 0 atom stereocenters. The third-order valence-electron chi connectivity index (χ3n) is 5.86. The number of amides is 1. The van der Waals surface area contributed by atoms with Gasteiger partial charge in [-0.3, -0.25) is 9.48 Å².